The predicted molar refractivity (Wildman–Crippen MR) is 79.8 cm³/mol. The van der Waals surface area contributed by atoms with Crippen molar-refractivity contribution >= 4 is 15.8 Å². The van der Waals surface area contributed by atoms with Crippen molar-refractivity contribution in [2.75, 3.05) is 13.1 Å². The third-order valence-electron chi connectivity index (χ3n) is 3.73. The Kier molecular flexibility index (Phi) is 4.31. The molecule has 0 radical (unpaired) electrons. The van der Waals surface area contributed by atoms with Gasteiger partial charge in [-0.25, -0.2) is 8.42 Å². The van der Waals surface area contributed by atoms with Gasteiger partial charge in [0, 0.05) is 24.6 Å². The molecular formula is C15H23NO4S. The zero-order chi connectivity index (χ0) is 15.8. The maximum absolute atomic E-state index is 12.5. The fourth-order valence-corrected chi connectivity index (χ4v) is 3.93. The monoisotopic (exact) mass is 313 g/mol. The molecule has 2 heterocycles. The molecular weight excluding hydrogens is 290 g/mol. The second kappa shape index (κ2) is 5.57. The summed E-state index contributed by atoms with van der Waals surface area (Å²) < 4.78 is 31.9. The van der Waals surface area contributed by atoms with Crippen LogP contribution in [0.5, 0.6) is 0 Å². The van der Waals surface area contributed by atoms with Crippen LogP contribution < -0.4 is 0 Å². The molecule has 1 aliphatic heterocycles. The SMILES string of the molecule is Cc1oc(S(=O)(=O)N2CCCCC2)cc1C(=O)C(C)(C)C. The van der Waals surface area contributed by atoms with E-state index in [1.54, 1.807) is 27.7 Å². The quantitative estimate of drug-likeness (QED) is 0.805. The van der Waals surface area contributed by atoms with Crippen LogP contribution in [0.3, 0.4) is 0 Å². The zero-order valence-corrected chi connectivity index (χ0v) is 13.9. The first kappa shape index (κ1) is 16.2. The highest BCUT2D eigenvalue weighted by Crippen LogP contribution is 2.29. The molecule has 0 saturated carbocycles. The van der Waals surface area contributed by atoms with Crippen molar-refractivity contribution in [3.05, 3.63) is 17.4 Å². The summed E-state index contributed by atoms with van der Waals surface area (Å²) in [5, 5.41) is -0.116. The van der Waals surface area contributed by atoms with Gasteiger partial charge in [0.15, 0.2) is 5.78 Å². The highest BCUT2D eigenvalue weighted by atomic mass is 32.2. The number of carbonyl (C=O) groups is 1. The molecule has 0 aliphatic carbocycles. The molecule has 0 amide bonds. The average molecular weight is 313 g/mol. The Morgan fingerprint density at radius 3 is 2.29 bits per heavy atom. The van der Waals surface area contributed by atoms with Gasteiger partial charge < -0.3 is 4.42 Å². The minimum absolute atomic E-state index is 0.108. The van der Waals surface area contributed by atoms with Crippen LogP contribution in [0.25, 0.3) is 0 Å². The Labute approximate surface area is 126 Å². The Balaban J connectivity index is 2.36. The van der Waals surface area contributed by atoms with Gasteiger partial charge in [-0.05, 0) is 19.8 Å². The summed E-state index contributed by atoms with van der Waals surface area (Å²) >= 11 is 0. The van der Waals surface area contributed by atoms with Gasteiger partial charge in [0.05, 0.1) is 5.56 Å². The van der Waals surface area contributed by atoms with Crippen molar-refractivity contribution < 1.29 is 17.6 Å². The average Bonchev–Trinajstić information content (AvgIpc) is 2.80. The molecule has 1 saturated heterocycles. The van der Waals surface area contributed by atoms with E-state index in [1.165, 1.54) is 10.4 Å². The molecule has 6 heteroatoms. The van der Waals surface area contributed by atoms with E-state index in [9.17, 15) is 13.2 Å². The first-order valence-corrected chi connectivity index (χ1v) is 8.73. The fourth-order valence-electron chi connectivity index (χ4n) is 2.44. The van der Waals surface area contributed by atoms with E-state index < -0.39 is 15.4 Å². The number of ketones is 1. The summed E-state index contributed by atoms with van der Waals surface area (Å²) in [5.74, 6) is 0.259. The lowest BCUT2D eigenvalue weighted by atomic mass is 9.87. The molecule has 0 N–H and O–H groups in total. The lowest BCUT2D eigenvalue weighted by Gasteiger charge is -2.24. The van der Waals surface area contributed by atoms with Gasteiger partial charge in [-0.1, -0.05) is 27.2 Å². The first-order valence-electron chi connectivity index (χ1n) is 7.29. The summed E-state index contributed by atoms with van der Waals surface area (Å²) in [7, 11) is -3.63. The van der Waals surface area contributed by atoms with E-state index in [-0.39, 0.29) is 10.9 Å². The number of carbonyl (C=O) groups excluding carboxylic acids is 1. The third kappa shape index (κ3) is 3.21. The van der Waals surface area contributed by atoms with Crippen molar-refractivity contribution in [3.63, 3.8) is 0 Å². The smallest absolute Gasteiger partial charge is 0.276 e. The summed E-state index contributed by atoms with van der Waals surface area (Å²) in [6, 6.07) is 1.38. The molecule has 5 nitrogen and oxygen atoms in total. The number of sulfonamides is 1. The molecule has 118 valence electrons. The largest absolute Gasteiger partial charge is 0.448 e. The number of hydrogen-bond donors (Lipinski definition) is 0. The number of aryl methyl sites for hydroxylation is 1. The lowest BCUT2D eigenvalue weighted by molar-refractivity contribution is 0.0856. The van der Waals surface area contributed by atoms with Crippen LogP contribution in [0.15, 0.2) is 15.6 Å². The maximum atomic E-state index is 12.5. The minimum atomic E-state index is -3.63. The molecule has 0 atom stereocenters. The Bertz CT molecular complexity index is 631. The van der Waals surface area contributed by atoms with Gasteiger partial charge in [0.25, 0.3) is 10.0 Å². The number of rotatable bonds is 3. The van der Waals surface area contributed by atoms with Crippen LogP contribution in [-0.4, -0.2) is 31.6 Å². The fraction of sp³-hybridized carbons (Fsp3) is 0.667. The minimum Gasteiger partial charge on any atom is -0.448 e. The van der Waals surface area contributed by atoms with Crippen LogP contribution in [0, 0.1) is 12.3 Å². The van der Waals surface area contributed by atoms with E-state index >= 15 is 0 Å². The molecule has 0 aromatic carbocycles. The third-order valence-corrected chi connectivity index (χ3v) is 5.48. The van der Waals surface area contributed by atoms with Crippen molar-refractivity contribution in [1.29, 1.82) is 0 Å². The highest BCUT2D eigenvalue weighted by Gasteiger charge is 2.33. The van der Waals surface area contributed by atoms with Gasteiger partial charge in [0.1, 0.15) is 5.76 Å². The van der Waals surface area contributed by atoms with Crippen LogP contribution in [0.1, 0.15) is 56.2 Å². The van der Waals surface area contributed by atoms with E-state index in [1.807, 2.05) is 0 Å². The summed E-state index contributed by atoms with van der Waals surface area (Å²) in [5.41, 5.74) is -0.209. The van der Waals surface area contributed by atoms with Gasteiger partial charge >= 0.3 is 0 Å². The van der Waals surface area contributed by atoms with Crippen molar-refractivity contribution in [3.8, 4) is 0 Å². The number of nitrogens with zero attached hydrogens (tertiary/aromatic N) is 1. The first-order chi connectivity index (χ1) is 9.64. The molecule has 21 heavy (non-hydrogen) atoms. The second-order valence-corrected chi connectivity index (χ2v) is 8.45. The summed E-state index contributed by atoms with van der Waals surface area (Å²) in [4.78, 5) is 12.3. The second-order valence-electron chi connectivity index (χ2n) is 6.58. The van der Waals surface area contributed by atoms with Crippen molar-refractivity contribution in [2.45, 2.75) is 52.0 Å². The predicted octanol–water partition coefficient (Wildman–Crippen LogP) is 2.99. The molecule has 0 bridgehead atoms. The molecule has 0 spiro atoms. The lowest BCUT2D eigenvalue weighted by Crippen LogP contribution is -2.35. The number of furan rings is 1. The molecule has 1 aromatic heterocycles. The van der Waals surface area contributed by atoms with Crippen LogP contribution in [0.4, 0.5) is 0 Å². The number of hydrogen-bond acceptors (Lipinski definition) is 4. The molecule has 1 aliphatic rings. The van der Waals surface area contributed by atoms with Gasteiger partial charge in [-0.15, -0.1) is 0 Å². The Morgan fingerprint density at radius 2 is 1.76 bits per heavy atom. The molecule has 2 rings (SSSR count). The van der Waals surface area contributed by atoms with Crippen molar-refractivity contribution in [1.82, 2.24) is 4.31 Å². The summed E-state index contributed by atoms with van der Waals surface area (Å²) in [6.07, 6.45) is 2.79. The van der Waals surface area contributed by atoms with E-state index in [0.29, 0.717) is 24.4 Å². The van der Waals surface area contributed by atoms with Gasteiger partial charge in [-0.2, -0.15) is 4.31 Å². The topological polar surface area (TPSA) is 67.6 Å². The zero-order valence-electron chi connectivity index (χ0n) is 13.1. The normalized spacial score (nSPS) is 17.9. The van der Waals surface area contributed by atoms with Crippen molar-refractivity contribution in [2.24, 2.45) is 5.41 Å². The number of piperidine rings is 1. The molecule has 0 unspecified atom stereocenters. The van der Waals surface area contributed by atoms with E-state index in [2.05, 4.69) is 0 Å². The molecule has 1 fully saturated rings. The van der Waals surface area contributed by atoms with E-state index in [4.69, 9.17) is 4.42 Å². The summed E-state index contributed by atoms with van der Waals surface area (Å²) in [6.45, 7) is 8.09. The van der Waals surface area contributed by atoms with E-state index in [0.717, 1.165) is 19.3 Å². The standard InChI is InChI=1S/C15H23NO4S/c1-11-12(14(17)15(2,3)4)10-13(20-11)21(18,19)16-8-6-5-7-9-16/h10H,5-9H2,1-4H3. The van der Waals surface area contributed by atoms with Gasteiger partial charge in [-0.3, -0.25) is 4.79 Å². The number of Topliss-reactive ketones (excluding diaryl/α,β-unsaturated/α-hetero) is 1. The highest BCUT2D eigenvalue weighted by molar-refractivity contribution is 7.89. The van der Waals surface area contributed by atoms with Gasteiger partial charge in [0.2, 0.25) is 5.09 Å². The van der Waals surface area contributed by atoms with Crippen LogP contribution >= 0.6 is 0 Å². The maximum Gasteiger partial charge on any atom is 0.276 e. The Hall–Kier alpha value is -1.14. The Morgan fingerprint density at radius 1 is 1.19 bits per heavy atom. The van der Waals surface area contributed by atoms with Crippen LogP contribution in [-0.2, 0) is 10.0 Å². The van der Waals surface area contributed by atoms with Crippen LogP contribution in [0.2, 0.25) is 0 Å². The molecule has 1 aromatic rings.